The van der Waals surface area contributed by atoms with Gasteiger partial charge >= 0.3 is 0 Å². The van der Waals surface area contributed by atoms with Crippen molar-refractivity contribution >= 4 is 17.2 Å². The number of nitrogens with zero attached hydrogens (tertiary/aromatic N) is 2. The van der Waals surface area contributed by atoms with E-state index in [2.05, 4.69) is 10.4 Å². The average Bonchev–Trinajstić information content (AvgIpc) is 2.97. The minimum Gasteiger partial charge on any atom is -0.289 e. The molecule has 0 spiro atoms. The van der Waals surface area contributed by atoms with Gasteiger partial charge in [-0.2, -0.15) is 0 Å². The molecule has 1 fully saturated rings. The summed E-state index contributed by atoms with van der Waals surface area (Å²) in [4.78, 5) is 16.6. The number of aromatic nitrogens is 1. The number of nitrogens with one attached hydrogen (secondary N) is 1. The summed E-state index contributed by atoms with van der Waals surface area (Å²) in [5, 5.41) is 4.96. The Morgan fingerprint density at radius 1 is 1.19 bits per heavy atom. The summed E-state index contributed by atoms with van der Waals surface area (Å²) in [6.45, 7) is 1.91. The van der Waals surface area contributed by atoms with Crippen LogP contribution in [0.15, 0.2) is 35.7 Å². The van der Waals surface area contributed by atoms with E-state index in [-0.39, 0.29) is 5.91 Å². The molecule has 5 heteroatoms. The lowest BCUT2D eigenvalue weighted by Crippen LogP contribution is -2.45. The van der Waals surface area contributed by atoms with Gasteiger partial charge in [0.15, 0.2) is 0 Å². The molecular formula is C16H19N3OS. The fourth-order valence-corrected chi connectivity index (χ4v) is 3.31. The van der Waals surface area contributed by atoms with E-state index in [1.807, 2.05) is 40.7 Å². The molecule has 1 N–H and O–H groups in total. The Hall–Kier alpha value is -1.72. The molecule has 2 aromatic rings. The van der Waals surface area contributed by atoms with E-state index in [0.717, 1.165) is 42.2 Å². The summed E-state index contributed by atoms with van der Waals surface area (Å²) in [6.07, 6.45) is 3.93. The lowest BCUT2D eigenvalue weighted by molar-refractivity contribution is -0.125. The summed E-state index contributed by atoms with van der Waals surface area (Å²) in [5.74, 6) is 0.0295. The molecule has 0 atom stereocenters. The highest BCUT2D eigenvalue weighted by Crippen LogP contribution is 2.23. The number of rotatable bonds is 4. The smallest absolute Gasteiger partial charge is 0.240 e. The van der Waals surface area contributed by atoms with Crippen LogP contribution in [-0.2, 0) is 11.2 Å². The average molecular weight is 301 g/mol. The molecule has 1 aromatic carbocycles. The number of piperidine rings is 1. The number of hydrogen-bond donors (Lipinski definition) is 1. The summed E-state index contributed by atoms with van der Waals surface area (Å²) < 4.78 is 0. The maximum absolute atomic E-state index is 12.0. The SMILES string of the molecule is O=C(Cc1csc(-c2ccccc2)n1)NN1CCCCC1. The molecule has 1 saturated heterocycles. The van der Waals surface area contributed by atoms with Crippen molar-refractivity contribution in [1.29, 1.82) is 0 Å². The van der Waals surface area contributed by atoms with Gasteiger partial charge in [0, 0.05) is 24.0 Å². The second-order valence-electron chi connectivity index (χ2n) is 5.27. The number of hydrogen-bond acceptors (Lipinski definition) is 4. The van der Waals surface area contributed by atoms with E-state index < -0.39 is 0 Å². The van der Waals surface area contributed by atoms with Crippen LogP contribution >= 0.6 is 11.3 Å². The Labute approximate surface area is 128 Å². The van der Waals surface area contributed by atoms with E-state index in [4.69, 9.17) is 0 Å². The van der Waals surface area contributed by atoms with Crippen molar-refractivity contribution < 1.29 is 4.79 Å². The van der Waals surface area contributed by atoms with E-state index in [9.17, 15) is 4.79 Å². The van der Waals surface area contributed by atoms with Gasteiger partial charge in [-0.25, -0.2) is 9.99 Å². The van der Waals surface area contributed by atoms with Crippen LogP contribution in [-0.4, -0.2) is 29.0 Å². The van der Waals surface area contributed by atoms with Crippen LogP contribution in [0.4, 0.5) is 0 Å². The van der Waals surface area contributed by atoms with Gasteiger partial charge in [0.05, 0.1) is 12.1 Å². The summed E-state index contributed by atoms with van der Waals surface area (Å²) in [5.41, 5.74) is 4.92. The van der Waals surface area contributed by atoms with Gasteiger partial charge in [0.1, 0.15) is 5.01 Å². The van der Waals surface area contributed by atoms with Crippen LogP contribution in [0.2, 0.25) is 0 Å². The summed E-state index contributed by atoms with van der Waals surface area (Å²) in [6, 6.07) is 10.1. The maximum atomic E-state index is 12.0. The largest absolute Gasteiger partial charge is 0.289 e. The Bertz CT molecular complexity index is 591. The standard InChI is InChI=1S/C16H19N3OS/c20-15(18-19-9-5-2-6-10-19)11-14-12-21-16(17-14)13-7-3-1-4-8-13/h1,3-4,7-8,12H,2,5-6,9-11H2,(H,18,20). The molecule has 2 heterocycles. The molecule has 0 unspecified atom stereocenters. The van der Waals surface area contributed by atoms with Crippen LogP contribution in [0.1, 0.15) is 25.0 Å². The van der Waals surface area contributed by atoms with Crippen molar-refractivity contribution in [2.75, 3.05) is 13.1 Å². The minimum atomic E-state index is 0.0295. The van der Waals surface area contributed by atoms with Crippen molar-refractivity contribution in [3.05, 3.63) is 41.4 Å². The zero-order valence-corrected chi connectivity index (χ0v) is 12.7. The molecule has 1 aromatic heterocycles. The van der Waals surface area contributed by atoms with E-state index >= 15 is 0 Å². The first-order chi connectivity index (χ1) is 10.3. The number of thiazole rings is 1. The van der Waals surface area contributed by atoms with Crippen molar-refractivity contribution in [3.8, 4) is 10.6 Å². The molecule has 21 heavy (non-hydrogen) atoms. The van der Waals surface area contributed by atoms with E-state index in [1.165, 1.54) is 6.42 Å². The fraction of sp³-hybridized carbons (Fsp3) is 0.375. The van der Waals surface area contributed by atoms with E-state index in [1.54, 1.807) is 11.3 Å². The number of hydrazine groups is 1. The van der Waals surface area contributed by atoms with Crippen molar-refractivity contribution in [3.63, 3.8) is 0 Å². The number of benzene rings is 1. The molecule has 0 aliphatic carbocycles. The Balaban J connectivity index is 1.58. The third-order valence-electron chi connectivity index (χ3n) is 3.55. The third kappa shape index (κ3) is 3.89. The zero-order chi connectivity index (χ0) is 14.5. The van der Waals surface area contributed by atoms with E-state index in [0.29, 0.717) is 6.42 Å². The number of carbonyl (C=O) groups excluding carboxylic acids is 1. The van der Waals surface area contributed by atoms with Gasteiger partial charge in [-0.3, -0.25) is 10.2 Å². The monoisotopic (exact) mass is 301 g/mol. The lowest BCUT2D eigenvalue weighted by Gasteiger charge is -2.26. The number of amides is 1. The molecule has 3 rings (SSSR count). The molecule has 0 saturated carbocycles. The van der Waals surface area contributed by atoms with Gasteiger partial charge < -0.3 is 0 Å². The highest BCUT2D eigenvalue weighted by molar-refractivity contribution is 7.13. The van der Waals surface area contributed by atoms with Gasteiger partial charge in [0.25, 0.3) is 0 Å². The normalized spacial score (nSPS) is 15.8. The van der Waals surface area contributed by atoms with Crippen molar-refractivity contribution in [1.82, 2.24) is 15.4 Å². The molecule has 1 aliphatic heterocycles. The Morgan fingerprint density at radius 3 is 2.71 bits per heavy atom. The Morgan fingerprint density at radius 2 is 1.95 bits per heavy atom. The van der Waals surface area contributed by atoms with Crippen molar-refractivity contribution in [2.24, 2.45) is 0 Å². The zero-order valence-electron chi connectivity index (χ0n) is 11.9. The maximum Gasteiger partial charge on any atom is 0.240 e. The second kappa shape index (κ2) is 6.83. The highest BCUT2D eigenvalue weighted by atomic mass is 32.1. The number of carbonyl (C=O) groups is 1. The van der Waals surface area contributed by atoms with Crippen LogP contribution in [0.25, 0.3) is 10.6 Å². The first-order valence-electron chi connectivity index (χ1n) is 7.35. The van der Waals surface area contributed by atoms with Gasteiger partial charge in [-0.1, -0.05) is 36.8 Å². The minimum absolute atomic E-state index is 0.0295. The molecule has 1 aliphatic rings. The molecular weight excluding hydrogens is 282 g/mol. The topological polar surface area (TPSA) is 45.2 Å². The molecule has 0 bridgehead atoms. The first kappa shape index (κ1) is 14.2. The van der Waals surface area contributed by atoms with Gasteiger partial charge in [-0.05, 0) is 12.8 Å². The summed E-state index contributed by atoms with van der Waals surface area (Å²) in [7, 11) is 0. The molecule has 4 nitrogen and oxygen atoms in total. The predicted molar refractivity (Wildman–Crippen MR) is 84.8 cm³/mol. The van der Waals surface area contributed by atoms with Crippen LogP contribution in [0, 0.1) is 0 Å². The van der Waals surface area contributed by atoms with Crippen LogP contribution in [0.3, 0.4) is 0 Å². The lowest BCUT2D eigenvalue weighted by atomic mass is 10.2. The first-order valence-corrected chi connectivity index (χ1v) is 8.23. The fourth-order valence-electron chi connectivity index (χ4n) is 2.49. The summed E-state index contributed by atoms with van der Waals surface area (Å²) >= 11 is 1.59. The van der Waals surface area contributed by atoms with Crippen molar-refractivity contribution in [2.45, 2.75) is 25.7 Å². The van der Waals surface area contributed by atoms with Gasteiger partial charge in [0.2, 0.25) is 5.91 Å². The second-order valence-corrected chi connectivity index (χ2v) is 6.13. The van der Waals surface area contributed by atoms with Crippen LogP contribution < -0.4 is 5.43 Å². The Kier molecular flexibility index (Phi) is 4.62. The quantitative estimate of drug-likeness (QED) is 0.944. The van der Waals surface area contributed by atoms with Crippen LogP contribution in [0.5, 0.6) is 0 Å². The molecule has 110 valence electrons. The predicted octanol–water partition coefficient (Wildman–Crippen LogP) is 2.87. The highest BCUT2D eigenvalue weighted by Gasteiger charge is 2.14. The molecule has 1 amide bonds. The molecule has 0 radical (unpaired) electrons. The van der Waals surface area contributed by atoms with Gasteiger partial charge in [-0.15, -0.1) is 11.3 Å². The third-order valence-corrected chi connectivity index (χ3v) is 4.49.